The van der Waals surface area contributed by atoms with Gasteiger partial charge < -0.3 is 11.1 Å². The van der Waals surface area contributed by atoms with Crippen LogP contribution in [-0.2, 0) is 17.8 Å². The quantitative estimate of drug-likeness (QED) is 0.875. The van der Waals surface area contributed by atoms with E-state index in [2.05, 4.69) is 11.4 Å². The van der Waals surface area contributed by atoms with E-state index in [1.807, 2.05) is 30.3 Å². The van der Waals surface area contributed by atoms with Gasteiger partial charge in [0.1, 0.15) is 10.9 Å². The predicted octanol–water partition coefficient (Wildman–Crippen LogP) is 2.26. The molecule has 0 saturated carbocycles. The zero-order valence-corrected chi connectivity index (χ0v) is 11.0. The molecular weight excluding hydrogens is 258 g/mol. The number of nitrogens with two attached hydrogens (primary N) is 1. The molecular formula is C14H13N3OS. The molecule has 4 nitrogen and oxygen atoms in total. The number of thiophene rings is 1. The van der Waals surface area contributed by atoms with Gasteiger partial charge in [-0.1, -0.05) is 18.2 Å². The van der Waals surface area contributed by atoms with E-state index in [4.69, 9.17) is 11.0 Å². The van der Waals surface area contributed by atoms with Crippen LogP contribution in [0.1, 0.15) is 15.3 Å². The topological polar surface area (TPSA) is 78.9 Å². The van der Waals surface area contributed by atoms with E-state index in [0.29, 0.717) is 11.4 Å². The predicted molar refractivity (Wildman–Crippen MR) is 75.7 cm³/mol. The number of nitrogens with zero attached hydrogens (tertiary/aromatic N) is 1. The Morgan fingerprint density at radius 3 is 2.79 bits per heavy atom. The highest BCUT2D eigenvalue weighted by Gasteiger charge is 2.05. The van der Waals surface area contributed by atoms with Gasteiger partial charge in [-0.15, -0.1) is 11.3 Å². The first-order valence-corrected chi connectivity index (χ1v) is 6.59. The van der Waals surface area contributed by atoms with Crippen LogP contribution in [-0.4, -0.2) is 5.91 Å². The number of rotatable bonds is 5. The molecule has 1 amide bonds. The van der Waals surface area contributed by atoms with Gasteiger partial charge >= 0.3 is 0 Å². The molecule has 1 aromatic carbocycles. The summed E-state index contributed by atoms with van der Waals surface area (Å²) < 4.78 is 0. The number of anilines is 1. The zero-order valence-electron chi connectivity index (χ0n) is 10.2. The van der Waals surface area contributed by atoms with E-state index in [9.17, 15) is 4.79 Å². The number of benzene rings is 1. The molecule has 5 heteroatoms. The van der Waals surface area contributed by atoms with E-state index in [-0.39, 0.29) is 12.3 Å². The van der Waals surface area contributed by atoms with Gasteiger partial charge in [-0.05, 0) is 23.8 Å². The Labute approximate surface area is 115 Å². The molecule has 0 saturated heterocycles. The average molecular weight is 271 g/mol. The van der Waals surface area contributed by atoms with Crippen LogP contribution in [0.15, 0.2) is 36.4 Å². The summed E-state index contributed by atoms with van der Waals surface area (Å²) in [5.74, 6) is -0.350. The second-order valence-electron chi connectivity index (χ2n) is 4.03. The van der Waals surface area contributed by atoms with Gasteiger partial charge in [0.2, 0.25) is 5.91 Å². The van der Waals surface area contributed by atoms with Crippen molar-refractivity contribution < 1.29 is 4.79 Å². The van der Waals surface area contributed by atoms with Gasteiger partial charge in [0, 0.05) is 17.1 Å². The fraction of sp³-hybridized carbons (Fsp3) is 0.143. The zero-order chi connectivity index (χ0) is 13.7. The summed E-state index contributed by atoms with van der Waals surface area (Å²) in [7, 11) is 0. The minimum absolute atomic E-state index is 0.219. The molecule has 2 rings (SSSR count). The van der Waals surface area contributed by atoms with Crippen LogP contribution in [0.5, 0.6) is 0 Å². The standard InChI is InChI=1S/C14H13N3OS/c15-8-11-5-6-12(19-11)9-17-13-4-2-1-3-10(13)7-14(16)18/h1-6,17H,7,9H2,(H2,16,18). The molecule has 0 unspecified atom stereocenters. The van der Waals surface area contributed by atoms with Crippen molar-refractivity contribution in [1.82, 2.24) is 0 Å². The maximum atomic E-state index is 11.0. The van der Waals surface area contributed by atoms with Gasteiger partial charge in [0.05, 0.1) is 6.42 Å². The summed E-state index contributed by atoms with van der Waals surface area (Å²) in [4.78, 5) is 12.8. The number of nitrogens with one attached hydrogen (secondary N) is 1. The number of primary amides is 1. The SMILES string of the molecule is N#Cc1ccc(CNc2ccccc2CC(N)=O)s1. The molecule has 19 heavy (non-hydrogen) atoms. The summed E-state index contributed by atoms with van der Waals surface area (Å²) in [6.07, 6.45) is 0.219. The fourth-order valence-corrected chi connectivity index (χ4v) is 2.49. The van der Waals surface area contributed by atoms with Crippen LogP contribution in [0.2, 0.25) is 0 Å². The van der Waals surface area contributed by atoms with Crippen molar-refractivity contribution in [3.63, 3.8) is 0 Å². The first-order valence-electron chi connectivity index (χ1n) is 5.78. The van der Waals surface area contributed by atoms with E-state index >= 15 is 0 Å². The number of para-hydroxylation sites is 1. The van der Waals surface area contributed by atoms with Crippen molar-refractivity contribution in [3.05, 3.63) is 51.7 Å². The largest absolute Gasteiger partial charge is 0.380 e. The molecule has 0 aliphatic carbocycles. The third-order valence-electron chi connectivity index (χ3n) is 2.61. The highest BCUT2D eigenvalue weighted by molar-refractivity contribution is 7.12. The van der Waals surface area contributed by atoms with Crippen LogP contribution in [0, 0.1) is 11.3 Å². The van der Waals surface area contributed by atoms with E-state index in [0.717, 1.165) is 16.1 Å². The van der Waals surface area contributed by atoms with Crippen molar-refractivity contribution in [1.29, 1.82) is 5.26 Å². The van der Waals surface area contributed by atoms with Gasteiger partial charge in [-0.25, -0.2) is 0 Å². The first-order chi connectivity index (χ1) is 9.19. The molecule has 0 bridgehead atoms. The lowest BCUT2D eigenvalue weighted by Gasteiger charge is -2.09. The number of carbonyl (C=O) groups is 1. The molecule has 96 valence electrons. The van der Waals surface area contributed by atoms with Gasteiger partial charge in [0.25, 0.3) is 0 Å². The van der Waals surface area contributed by atoms with E-state index in [1.54, 1.807) is 6.07 Å². The smallest absolute Gasteiger partial charge is 0.221 e. The second kappa shape index (κ2) is 6.03. The summed E-state index contributed by atoms with van der Waals surface area (Å²) in [5.41, 5.74) is 7.00. The number of hydrogen-bond donors (Lipinski definition) is 2. The summed E-state index contributed by atoms with van der Waals surface area (Å²) >= 11 is 1.46. The summed E-state index contributed by atoms with van der Waals surface area (Å²) in [5, 5.41) is 12.0. The van der Waals surface area contributed by atoms with E-state index < -0.39 is 0 Å². The van der Waals surface area contributed by atoms with E-state index in [1.165, 1.54) is 11.3 Å². The maximum absolute atomic E-state index is 11.0. The lowest BCUT2D eigenvalue weighted by atomic mass is 10.1. The van der Waals surface area contributed by atoms with Gasteiger partial charge in [0.15, 0.2) is 0 Å². The molecule has 0 aliphatic rings. The van der Waals surface area contributed by atoms with Crippen molar-refractivity contribution >= 4 is 22.9 Å². The Hall–Kier alpha value is -2.32. The average Bonchev–Trinajstić information content (AvgIpc) is 2.85. The lowest BCUT2D eigenvalue weighted by Crippen LogP contribution is -2.15. The summed E-state index contributed by atoms with van der Waals surface area (Å²) in [6.45, 7) is 0.627. The van der Waals surface area contributed by atoms with Crippen LogP contribution >= 0.6 is 11.3 Å². The molecule has 1 heterocycles. The minimum atomic E-state index is -0.350. The van der Waals surface area contributed by atoms with Crippen molar-refractivity contribution in [2.45, 2.75) is 13.0 Å². The molecule has 3 N–H and O–H groups in total. The van der Waals surface area contributed by atoms with Crippen molar-refractivity contribution in [3.8, 4) is 6.07 Å². The summed E-state index contributed by atoms with van der Waals surface area (Å²) in [6, 6.07) is 13.4. The Kier molecular flexibility index (Phi) is 4.16. The molecule has 0 atom stereocenters. The Balaban J connectivity index is 2.07. The minimum Gasteiger partial charge on any atom is -0.380 e. The fourth-order valence-electron chi connectivity index (χ4n) is 1.75. The third kappa shape index (κ3) is 3.57. The molecule has 0 aliphatic heterocycles. The van der Waals surface area contributed by atoms with Gasteiger partial charge in [-0.3, -0.25) is 4.79 Å². The Morgan fingerprint density at radius 2 is 2.11 bits per heavy atom. The highest BCUT2D eigenvalue weighted by Crippen LogP contribution is 2.20. The second-order valence-corrected chi connectivity index (χ2v) is 5.20. The monoisotopic (exact) mass is 271 g/mol. The number of hydrogen-bond acceptors (Lipinski definition) is 4. The van der Waals surface area contributed by atoms with Crippen LogP contribution < -0.4 is 11.1 Å². The van der Waals surface area contributed by atoms with Crippen molar-refractivity contribution in [2.24, 2.45) is 5.73 Å². The van der Waals surface area contributed by atoms with Gasteiger partial charge in [-0.2, -0.15) is 5.26 Å². The molecule has 0 fully saturated rings. The van der Waals surface area contributed by atoms with Crippen LogP contribution in [0.3, 0.4) is 0 Å². The number of nitriles is 1. The van der Waals surface area contributed by atoms with Crippen LogP contribution in [0.4, 0.5) is 5.69 Å². The van der Waals surface area contributed by atoms with Crippen LogP contribution in [0.25, 0.3) is 0 Å². The molecule has 2 aromatic rings. The normalized spacial score (nSPS) is 9.84. The lowest BCUT2D eigenvalue weighted by molar-refractivity contribution is -0.117. The highest BCUT2D eigenvalue weighted by atomic mass is 32.1. The molecule has 0 radical (unpaired) electrons. The molecule has 1 aromatic heterocycles. The van der Waals surface area contributed by atoms with Crippen molar-refractivity contribution in [2.75, 3.05) is 5.32 Å². The third-order valence-corrected chi connectivity index (χ3v) is 3.60. The molecule has 0 spiro atoms. The first kappa shape index (κ1) is 13.1. The Bertz CT molecular complexity index is 628. The number of amides is 1. The number of carbonyl (C=O) groups excluding carboxylic acids is 1. The maximum Gasteiger partial charge on any atom is 0.221 e. The Morgan fingerprint density at radius 1 is 1.32 bits per heavy atom.